The molecule has 1 aromatic rings. The molecule has 0 aliphatic rings. The summed E-state index contributed by atoms with van der Waals surface area (Å²) in [5.74, 6) is 1.49. The molecule has 6 heteroatoms. The standard InChI is InChI=1S/C11H20N4OS/c1-9(17(4)16)5-7-12-10-6-8-13-11(14-10)15(2)3/h6,8-9H,5,7H2,1-4H3,(H,12,13,14). The van der Waals surface area contributed by atoms with Gasteiger partial charge >= 0.3 is 0 Å². The average molecular weight is 256 g/mol. The van der Waals surface area contributed by atoms with E-state index >= 15 is 0 Å². The number of aromatic nitrogens is 2. The van der Waals surface area contributed by atoms with E-state index in [4.69, 9.17) is 0 Å². The van der Waals surface area contributed by atoms with E-state index in [1.807, 2.05) is 32.0 Å². The molecule has 2 unspecified atom stereocenters. The van der Waals surface area contributed by atoms with Crippen LogP contribution in [0, 0.1) is 0 Å². The van der Waals surface area contributed by atoms with E-state index in [1.54, 1.807) is 12.5 Å². The number of nitrogens with one attached hydrogen (secondary N) is 1. The molecule has 0 saturated heterocycles. The summed E-state index contributed by atoms with van der Waals surface area (Å²) >= 11 is 0. The molecule has 1 aromatic heterocycles. The van der Waals surface area contributed by atoms with Crippen molar-refractivity contribution in [2.45, 2.75) is 18.6 Å². The van der Waals surface area contributed by atoms with Gasteiger partial charge in [0.05, 0.1) is 0 Å². The molecule has 0 radical (unpaired) electrons. The highest BCUT2D eigenvalue weighted by molar-refractivity contribution is 7.84. The van der Waals surface area contributed by atoms with E-state index < -0.39 is 10.8 Å². The maximum Gasteiger partial charge on any atom is 0.226 e. The van der Waals surface area contributed by atoms with Gasteiger partial charge in [-0.05, 0) is 12.5 Å². The highest BCUT2D eigenvalue weighted by Crippen LogP contribution is 2.08. The summed E-state index contributed by atoms with van der Waals surface area (Å²) in [5.41, 5.74) is 0. The molecule has 0 aliphatic carbocycles. The second kappa shape index (κ2) is 6.54. The topological polar surface area (TPSA) is 58.1 Å². The lowest BCUT2D eigenvalue weighted by Crippen LogP contribution is -2.17. The van der Waals surface area contributed by atoms with Crippen LogP contribution in [0.1, 0.15) is 13.3 Å². The highest BCUT2D eigenvalue weighted by Gasteiger charge is 2.06. The largest absolute Gasteiger partial charge is 0.370 e. The van der Waals surface area contributed by atoms with Crippen molar-refractivity contribution >= 4 is 22.6 Å². The van der Waals surface area contributed by atoms with E-state index in [2.05, 4.69) is 15.3 Å². The fourth-order valence-corrected chi connectivity index (χ4v) is 1.68. The third-order valence-corrected chi connectivity index (χ3v) is 3.84. The van der Waals surface area contributed by atoms with Crippen molar-refractivity contribution in [2.75, 3.05) is 37.1 Å². The van der Waals surface area contributed by atoms with Gasteiger partial charge in [-0.2, -0.15) is 4.98 Å². The minimum Gasteiger partial charge on any atom is -0.370 e. The summed E-state index contributed by atoms with van der Waals surface area (Å²) in [6, 6.07) is 1.83. The van der Waals surface area contributed by atoms with E-state index in [1.165, 1.54) is 0 Å². The zero-order chi connectivity index (χ0) is 12.8. The quantitative estimate of drug-likeness (QED) is 0.826. The van der Waals surface area contributed by atoms with Crippen LogP contribution in [0.4, 0.5) is 11.8 Å². The zero-order valence-electron chi connectivity index (χ0n) is 10.8. The van der Waals surface area contributed by atoms with E-state index in [9.17, 15) is 4.21 Å². The van der Waals surface area contributed by atoms with Crippen molar-refractivity contribution in [3.05, 3.63) is 12.3 Å². The first-order chi connectivity index (χ1) is 8.00. The third-order valence-electron chi connectivity index (χ3n) is 2.47. The Hall–Kier alpha value is -1.17. The van der Waals surface area contributed by atoms with Gasteiger partial charge < -0.3 is 10.2 Å². The second-order valence-electron chi connectivity index (χ2n) is 4.16. The average Bonchev–Trinajstić information content (AvgIpc) is 2.29. The third kappa shape index (κ3) is 4.68. The first-order valence-electron chi connectivity index (χ1n) is 5.57. The van der Waals surface area contributed by atoms with E-state index in [0.29, 0.717) is 5.95 Å². The van der Waals surface area contributed by atoms with E-state index in [-0.39, 0.29) is 5.25 Å². The van der Waals surface area contributed by atoms with E-state index in [0.717, 1.165) is 18.8 Å². The van der Waals surface area contributed by atoms with Crippen LogP contribution >= 0.6 is 0 Å². The van der Waals surface area contributed by atoms with Crippen molar-refractivity contribution in [2.24, 2.45) is 0 Å². The molecule has 0 saturated carbocycles. The van der Waals surface area contributed by atoms with Crippen LogP contribution in [0.2, 0.25) is 0 Å². The molecule has 2 atom stereocenters. The van der Waals surface area contributed by atoms with Crippen LogP contribution in [0.25, 0.3) is 0 Å². The van der Waals surface area contributed by atoms with Crippen molar-refractivity contribution < 1.29 is 4.21 Å². The number of nitrogens with zero attached hydrogens (tertiary/aromatic N) is 3. The lowest BCUT2D eigenvalue weighted by atomic mass is 10.3. The Labute approximate surface area is 105 Å². The summed E-state index contributed by atoms with van der Waals surface area (Å²) in [4.78, 5) is 10.3. The maximum atomic E-state index is 11.2. The Bertz CT molecular complexity index is 383. The molecule has 17 heavy (non-hydrogen) atoms. The summed E-state index contributed by atoms with van der Waals surface area (Å²) in [7, 11) is 3.05. The highest BCUT2D eigenvalue weighted by atomic mass is 32.2. The fraction of sp³-hybridized carbons (Fsp3) is 0.636. The van der Waals surface area contributed by atoms with Gasteiger partial charge in [-0.25, -0.2) is 4.98 Å². The lowest BCUT2D eigenvalue weighted by molar-refractivity contribution is 0.672. The van der Waals surface area contributed by atoms with Gasteiger partial charge in [0, 0.05) is 49.1 Å². The predicted molar refractivity (Wildman–Crippen MR) is 73.0 cm³/mol. The van der Waals surface area contributed by atoms with Crippen molar-refractivity contribution in [3.8, 4) is 0 Å². The van der Waals surface area contributed by atoms with Gasteiger partial charge in [0.25, 0.3) is 0 Å². The van der Waals surface area contributed by atoms with Gasteiger partial charge in [0.1, 0.15) is 5.82 Å². The molecule has 0 fully saturated rings. The Morgan fingerprint density at radius 3 is 2.82 bits per heavy atom. The fourth-order valence-electron chi connectivity index (χ4n) is 1.23. The number of rotatable bonds is 6. The number of hydrogen-bond acceptors (Lipinski definition) is 5. The number of hydrogen-bond donors (Lipinski definition) is 1. The van der Waals surface area contributed by atoms with Gasteiger partial charge in [-0.1, -0.05) is 6.92 Å². The summed E-state index contributed by atoms with van der Waals surface area (Å²) in [6.07, 6.45) is 4.33. The molecular formula is C11H20N4OS. The SMILES string of the molecule is CC(CCNc1ccnc(N(C)C)n1)S(C)=O. The maximum absolute atomic E-state index is 11.2. The van der Waals surface area contributed by atoms with Crippen LogP contribution in [0.5, 0.6) is 0 Å². The molecule has 0 spiro atoms. The molecule has 0 aliphatic heterocycles. The molecule has 0 amide bonds. The molecule has 0 bridgehead atoms. The van der Waals surface area contributed by atoms with Crippen LogP contribution in [-0.2, 0) is 10.8 Å². The lowest BCUT2D eigenvalue weighted by Gasteiger charge is -2.12. The molecule has 1 rings (SSSR count). The van der Waals surface area contributed by atoms with Gasteiger partial charge in [-0.3, -0.25) is 4.21 Å². The van der Waals surface area contributed by atoms with Crippen LogP contribution < -0.4 is 10.2 Å². The smallest absolute Gasteiger partial charge is 0.226 e. The molecule has 5 nitrogen and oxygen atoms in total. The minimum absolute atomic E-state index is 0.206. The zero-order valence-corrected chi connectivity index (χ0v) is 11.6. The molecular weight excluding hydrogens is 236 g/mol. The Morgan fingerprint density at radius 1 is 1.53 bits per heavy atom. The molecule has 0 aromatic carbocycles. The Morgan fingerprint density at radius 2 is 2.24 bits per heavy atom. The van der Waals surface area contributed by atoms with Gasteiger partial charge in [0.2, 0.25) is 5.95 Å². The Balaban J connectivity index is 2.47. The number of anilines is 2. The predicted octanol–water partition coefficient (Wildman–Crippen LogP) is 1.11. The molecule has 96 valence electrons. The Kier molecular flexibility index (Phi) is 5.34. The first-order valence-corrected chi connectivity index (χ1v) is 7.19. The normalized spacial score (nSPS) is 14.1. The van der Waals surface area contributed by atoms with Gasteiger partial charge in [0.15, 0.2) is 0 Å². The van der Waals surface area contributed by atoms with Crippen molar-refractivity contribution in [1.82, 2.24) is 9.97 Å². The van der Waals surface area contributed by atoms with Crippen LogP contribution in [0.15, 0.2) is 12.3 Å². The van der Waals surface area contributed by atoms with Crippen molar-refractivity contribution in [3.63, 3.8) is 0 Å². The second-order valence-corrected chi connectivity index (χ2v) is 5.96. The van der Waals surface area contributed by atoms with Crippen LogP contribution in [0.3, 0.4) is 0 Å². The monoisotopic (exact) mass is 256 g/mol. The molecule has 1 N–H and O–H groups in total. The molecule has 1 heterocycles. The summed E-state index contributed by atoms with van der Waals surface area (Å²) in [6.45, 7) is 2.76. The first kappa shape index (κ1) is 13.9. The van der Waals surface area contributed by atoms with Gasteiger partial charge in [-0.15, -0.1) is 0 Å². The van der Waals surface area contributed by atoms with Crippen LogP contribution in [-0.4, -0.2) is 46.3 Å². The summed E-state index contributed by atoms with van der Waals surface area (Å²) < 4.78 is 11.2. The minimum atomic E-state index is -0.761. The summed E-state index contributed by atoms with van der Waals surface area (Å²) in [5, 5.41) is 3.42. The van der Waals surface area contributed by atoms with Crippen molar-refractivity contribution in [1.29, 1.82) is 0 Å².